The van der Waals surface area contributed by atoms with Crippen LogP contribution in [0.1, 0.15) is 25.0 Å². The van der Waals surface area contributed by atoms with Gasteiger partial charge in [-0.3, -0.25) is 14.9 Å². The van der Waals surface area contributed by atoms with Gasteiger partial charge in [-0.25, -0.2) is 9.69 Å². The molecule has 12 heteroatoms. The van der Waals surface area contributed by atoms with E-state index in [1.165, 1.54) is 12.1 Å². The van der Waals surface area contributed by atoms with Gasteiger partial charge < -0.3 is 9.47 Å². The number of rotatable bonds is 6. The molecule has 0 atom stereocenters. The lowest BCUT2D eigenvalue weighted by Gasteiger charge is -2.27. The summed E-state index contributed by atoms with van der Waals surface area (Å²) in [6.45, 7) is 4.22. The summed E-state index contributed by atoms with van der Waals surface area (Å²) in [4.78, 5) is 38.4. The summed E-state index contributed by atoms with van der Waals surface area (Å²) in [5.74, 6) is -1.40. The summed E-state index contributed by atoms with van der Waals surface area (Å²) >= 11 is 9.33. The fourth-order valence-corrected chi connectivity index (χ4v) is 3.73. The van der Waals surface area contributed by atoms with Crippen LogP contribution in [0.3, 0.4) is 0 Å². The molecule has 3 rings (SSSR count). The SMILES string of the molecule is CCOc1cc(Br)c(/C=C2\C(=O)NC(=O)N(c3cc(C(F)(F)F)ccc3Cl)C2=O)cc1OCC. The Labute approximate surface area is 205 Å². The third-order valence-corrected chi connectivity index (χ3v) is 5.58. The Kier molecular flexibility index (Phi) is 7.57. The van der Waals surface area contributed by atoms with Crippen LogP contribution in [0.5, 0.6) is 11.5 Å². The normalized spacial score (nSPS) is 15.6. The van der Waals surface area contributed by atoms with Crippen LogP contribution in [-0.2, 0) is 15.8 Å². The molecule has 0 spiro atoms. The van der Waals surface area contributed by atoms with Crippen molar-refractivity contribution in [1.82, 2.24) is 5.32 Å². The van der Waals surface area contributed by atoms with Gasteiger partial charge in [0.2, 0.25) is 0 Å². The number of nitrogens with zero attached hydrogens (tertiary/aromatic N) is 1. The number of amides is 4. The maximum absolute atomic E-state index is 13.2. The molecule has 0 saturated carbocycles. The lowest BCUT2D eigenvalue weighted by molar-refractivity contribution is -0.137. The summed E-state index contributed by atoms with van der Waals surface area (Å²) in [5, 5.41) is 1.67. The number of nitrogens with one attached hydrogen (secondary N) is 1. The molecule has 2 aromatic carbocycles. The van der Waals surface area contributed by atoms with Crippen molar-refractivity contribution < 1.29 is 37.0 Å². The van der Waals surface area contributed by atoms with Gasteiger partial charge in [0.25, 0.3) is 11.8 Å². The standard InChI is InChI=1S/C22H17BrClF3N2O5/c1-3-33-17-8-11(14(23)10-18(17)34-4-2)7-13-19(30)28-21(32)29(20(13)31)16-9-12(22(25,26)27)5-6-15(16)24/h5-10H,3-4H2,1-2H3,(H,28,30,32)/b13-7+. The van der Waals surface area contributed by atoms with E-state index in [0.717, 1.165) is 6.07 Å². The van der Waals surface area contributed by atoms with E-state index < -0.39 is 40.8 Å². The highest BCUT2D eigenvalue weighted by molar-refractivity contribution is 9.10. The quantitative estimate of drug-likeness (QED) is 0.367. The fraction of sp³-hybridized carbons (Fsp3) is 0.227. The van der Waals surface area contributed by atoms with Crippen LogP contribution >= 0.6 is 27.5 Å². The number of ether oxygens (including phenoxy) is 2. The summed E-state index contributed by atoms with van der Waals surface area (Å²) in [6.07, 6.45) is -3.56. The molecule has 4 amide bonds. The Morgan fingerprint density at radius 3 is 2.26 bits per heavy atom. The predicted octanol–water partition coefficient (Wildman–Crippen LogP) is 5.59. The van der Waals surface area contributed by atoms with E-state index in [1.807, 2.05) is 5.32 Å². The van der Waals surface area contributed by atoms with Crippen LogP contribution in [0, 0.1) is 0 Å². The lowest BCUT2D eigenvalue weighted by atomic mass is 10.1. The molecule has 0 unspecified atom stereocenters. The number of hydrogen-bond acceptors (Lipinski definition) is 5. The van der Waals surface area contributed by atoms with E-state index in [4.69, 9.17) is 21.1 Å². The molecular weight excluding hydrogens is 545 g/mol. The number of carbonyl (C=O) groups is 3. The topological polar surface area (TPSA) is 84.9 Å². The van der Waals surface area contributed by atoms with Gasteiger partial charge in [0.1, 0.15) is 5.57 Å². The van der Waals surface area contributed by atoms with Crippen LogP contribution in [-0.4, -0.2) is 31.1 Å². The molecule has 0 aliphatic carbocycles. The molecule has 0 bridgehead atoms. The zero-order chi connectivity index (χ0) is 25.2. The van der Waals surface area contributed by atoms with Crippen molar-refractivity contribution in [2.45, 2.75) is 20.0 Å². The van der Waals surface area contributed by atoms with Crippen LogP contribution < -0.4 is 19.7 Å². The second-order valence-electron chi connectivity index (χ2n) is 6.81. The second-order valence-corrected chi connectivity index (χ2v) is 8.07. The summed E-state index contributed by atoms with van der Waals surface area (Å²) < 4.78 is 51.0. The van der Waals surface area contributed by atoms with Gasteiger partial charge in [0.05, 0.1) is 29.5 Å². The molecule has 34 heavy (non-hydrogen) atoms. The van der Waals surface area contributed by atoms with Crippen molar-refractivity contribution in [3.63, 3.8) is 0 Å². The van der Waals surface area contributed by atoms with E-state index in [1.54, 1.807) is 19.9 Å². The molecule has 1 fully saturated rings. The van der Waals surface area contributed by atoms with Crippen molar-refractivity contribution in [3.05, 3.63) is 56.5 Å². The van der Waals surface area contributed by atoms with E-state index >= 15 is 0 Å². The summed E-state index contributed by atoms with van der Waals surface area (Å²) in [6, 6.07) is 4.06. The van der Waals surface area contributed by atoms with Crippen LogP contribution in [0.25, 0.3) is 6.08 Å². The van der Waals surface area contributed by atoms with Gasteiger partial charge >= 0.3 is 12.2 Å². The molecule has 2 aromatic rings. The molecule has 0 radical (unpaired) electrons. The Hall–Kier alpha value is -3.05. The minimum atomic E-state index is -4.74. The highest BCUT2D eigenvalue weighted by atomic mass is 79.9. The maximum atomic E-state index is 13.2. The Morgan fingerprint density at radius 2 is 1.68 bits per heavy atom. The van der Waals surface area contributed by atoms with Crippen molar-refractivity contribution in [3.8, 4) is 11.5 Å². The van der Waals surface area contributed by atoms with Crippen molar-refractivity contribution in [1.29, 1.82) is 0 Å². The number of benzene rings is 2. The third-order valence-electron chi connectivity index (χ3n) is 4.58. The monoisotopic (exact) mass is 560 g/mol. The fourth-order valence-electron chi connectivity index (χ4n) is 3.09. The number of barbiturate groups is 1. The molecule has 1 heterocycles. The first-order chi connectivity index (χ1) is 16.0. The Bertz CT molecular complexity index is 1200. The number of halogens is 5. The number of urea groups is 1. The number of anilines is 1. The van der Waals surface area contributed by atoms with Gasteiger partial charge in [-0.05, 0) is 55.8 Å². The number of carbonyl (C=O) groups excluding carboxylic acids is 3. The molecule has 1 aliphatic heterocycles. The first-order valence-corrected chi connectivity index (χ1v) is 11.0. The first kappa shape index (κ1) is 25.6. The highest BCUT2D eigenvalue weighted by Crippen LogP contribution is 2.38. The van der Waals surface area contributed by atoms with Crippen molar-refractivity contribution in [2.24, 2.45) is 0 Å². The zero-order valence-corrected chi connectivity index (χ0v) is 20.1. The van der Waals surface area contributed by atoms with Crippen molar-refractivity contribution in [2.75, 3.05) is 18.1 Å². The van der Waals surface area contributed by atoms with E-state index in [9.17, 15) is 27.6 Å². The van der Waals surface area contributed by atoms with E-state index in [-0.39, 0.29) is 5.02 Å². The highest BCUT2D eigenvalue weighted by Gasteiger charge is 2.39. The van der Waals surface area contributed by atoms with Crippen molar-refractivity contribution >= 4 is 57.1 Å². The molecule has 0 aromatic heterocycles. The van der Waals surface area contributed by atoms with Crippen LogP contribution in [0.15, 0.2) is 40.4 Å². The lowest BCUT2D eigenvalue weighted by Crippen LogP contribution is -2.54. The van der Waals surface area contributed by atoms with E-state index in [2.05, 4.69) is 15.9 Å². The number of hydrogen-bond donors (Lipinski definition) is 1. The first-order valence-electron chi connectivity index (χ1n) is 9.85. The van der Waals surface area contributed by atoms with Gasteiger partial charge in [-0.15, -0.1) is 0 Å². The molecule has 1 aliphatic rings. The predicted molar refractivity (Wildman–Crippen MR) is 122 cm³/mol. The van der Waals surface area contributed by atoms with Gasteiger partial charge in [-0.1, -0.05) is 27.5 Å². The Morgan fingerprint density at radius 1 is 1.06 bits per heavy atom. The minimum absolute atomic E-state index is 0.286. The molecule has 1 saturated heterocycles. The average Bonchev–Trinajstić information content (AvgIpc) is 2.74. The average molecular weight is 562 g/mol. The zero-order valence-electron chi connectivity index (χ0n) is 17.8. The summed E-state index contributed by atoms with van der Waals surface area (Å²) in [7, 11) is 0. The maximum Gasteiger partial charge on any atom is 0.416 e. The van der Waals surface area contributed by atoms with Crippen LogP contribution in [0.2, 0.25) is 5.02 Å². The summed E-state index contributed by atoms with van der Waals surface area (Å²) in [5.41, 5.74) is -1.81. The minimum Gasteiger partial charge on any atom is -0.490 e. The van der Waals surface area contributed by atoms with Gasteiger partial charge in [0.15, 0.2) is 11.5 Å². The Balaban J connectivity index is 2.10. The van der Waals surface area contributed by atoms with E-state index in [0.29, 0.717) is 51.8 Å². The molecule has 7 nitrogen and oxygen atoms in total. The van der Waals surface area contributed by atoms with Gasteiger partial charge in [-0.2, -0.15) is 13.2 Å². The number of alkyl halides is 3. The smallest absolute Gasteiger partial charge is 0.416 e. The van der Waals surface area contributed by atoms with Crippen LogP contribution in [0.4, 0.5) is 23.7 Å². The largest absolute Gasteiger partial charge is 0.490 e. The second kappa shape index (κ2) is 10.1. The molecule has 1 N–H and O–H groups in total. The molecular formula is C22H17BrClF3N2O5. The number of imide groups is 2. The van der Waals surface area contributed by atoms with Gasteiger partial charge in [0, 0.05) is 4.47 Å². The third kappa shape index (κ3) is 5.20. The molecule has 180 valence electrons.